The maximum absolute atomic E-state index is 13.6. The van der Waals surface area contributed by atoms with Gasteiger partial charge in [0.1, 0.15) is 5.82 Å². The molecule has 0 amide bonds. The zero-order chi connectivity index (χ0) is 10.7. The van der Waals surface area contributed by atoms with Crippen LogP contribution < -0.4 is 10.2 Å². The van der Waals surface area contributed by atoms with Crippen LogP contribution in [0.5, 0.6) is 0 Å². The van der Waals surface area contributed by atoms with Crippen LogP contribution in [0.2, 0.25) is 0 Å². The van der Waals surface area contributed by atoms with E-state index in [0.29, 0.717) is 0 Å². The Labute approximate surface area is 90.1 Å². The van der Waals surface area contributed by atoms with Gasteiger partial charge in [0.2, 0.25) is 0 Å². The normalized spacial score (nSPS) is 16.8. The second-order valence-electron chi connectivity index (χ2n) is 3.88. The quantitative estimate of drug-likeness (QED) is 0.797. The Morgan fingerprint density at radius 3 is 2.73 bits per heavy atom. The van der Waals surface area contributed by atoms with E-state index in [2.05, 4.69) is 17.1 Å². The number of piperazine rings is 1. The van der Waals surface area contributed by atoms with Crippen LogP contribution in [0.25, 0.3) is 0 Å². The molecule has 3 heteroatoms. The van der Waals surface area contributed by atoms with Gasteiger partial charge in [-0.25, -0.2) is 4.39 Å². The Balaban J connectivity index is 2.24. The van der Waals surface area contributed by atoms with Crippen LogP contribution >= 0.6 is 0 Å². The second-order valence-corrected chi connectivity index (χ2v) is 3.88. The van der Waals surface area contributed by atoms with E-state index in [9.17, 15) is 4.39 Å². The average molecular weight is 208 g/mol. The molecule has 0 atom stereocenters. The lowest BCUT2D eigenvalue weighted by atomic mass is 10.1. The van der Waals surface area contributed by atoms with E-state index in [1.165, 1.54) is 5.56 Å². The molecule has 0 saturated carbocycles. The Morgan fingerprint density at radius 2 is 2.07 bits per heavy atom. The molecule has 1 heterocycles. The van der Waals surface area contributed by atoms with Gasteiger partial charge in [-0.1, -0.05) is 13.0 Å². The summed E-state index contributed by atoms with van der Waals surface area (Å²) in [7, 11) is 0. The molecule has 0 unspecified atom stereocenters. The third-order valence-corrected chi connectivity index (χ3v) is 2.88. The first-order chi connectivity index (χ1) is 7.31. The summed E-state index contributed by atoms with van der Waals surface area (Å²) in [4.78, 5) is 2.12. The minimum absolute atomic E-state index is 0.103. The van der Waals surface area contributed by atoms with Crippen molar-refractivity contribution < 1.29 is 4.39 Å². The van der Waals surface area contributed by atoms with E-state index in [1.54, 1.807) is 6.07 Å². The van der Waals surface area contributed by atoms with Crippen molar-refractivity contribution in [1.82, 2.24) is 5.32 Å². The van der Waals surface area contributed by atoms with Crippen LogP contribution in [-0.2, 0) is 6.42 Å². The molecule has 1 aliphatic heterocycles. The van der Waals surface area contributed by atoms with Crippen molar-refractivity contribution in [1.29, 1.82) is 0 Å². The van der Waals surface area contributed by atoms with E-state index in [0.717, 1.165) is 38.3 Å². The Morgan fingerprint density at radius 1 is 1.33 bits per heavy atom. The molecular formula is C12H17FN2. The molecule has 0 aromatic heterocycles. The van der Waals surface area contributed by atoms with Crippen molar-refractivity contribution in [3.8, 4) is 0 Å². The third-order valence-electron chi connectivity index (χ3n) is 2.88. The lowest BCUT2D eigenvalue weighted by molar-refractivity contribution is 0.566. The Bertz CT molecular complexity index is 332. The molecule has 1 N–H and O–H groups in total. The highest BCUT2D eigenvalue weighted by molar-refractivity contribution is 5.50. The van der Waals surface area contributed by atoms with Gasteiger partial charge in [-0.05, 0) is 24.1 Å². The van der Waals surface area contributed by atoms with E-state index >= 15 is 0 Å². The molecule has 1 aromatic carbocycles. The van der Waals surface area contributed by atoms with Gasteiger partial charge in [-0.2, -0.15) is 0 Å². The zero-order valence-electron chi connectivity index (χ0n) is 9.09. The number of anilines is 1. The first-order valence-electron chi connectivity index (χ1n) is 5.55. The highest BCUT2D eigenvalue weighted by Gasteiger charge is 2.14. The van der Waals surface area contributed by atoms with Gasteiger partial charge in [0.15, 0.2) is 0 Å². The van der Waals surface area contributed by atoms with Crippen LogP contribution in [0.1, 0.15) is 12.5 Å². The molecule has 0 spiro atoms. The van der Waals surface area contributed by atoms with Gasteiger partial charge in [-0.3, -0.25) is 0 Å². The number of benzene rings is 1. The second kappa shape index (κ2) is 4.62. The number of rotatable bonds is 2. The van der Waals surface area contributed by atoms with Crippen molar-refractivity contribution in [3.63, 3.8) is 0 Å². The van der Waals surface area contributed by atoms with Crippen LogP contribution in [0.15, 0.2) is 18.2 Å². The van der Waals surface area contributed by atoms with Gasteiger partial charge >= 0.3 is 0 Å². The summed E-state index contributed by atoms with van der Waals surface area (Å²) in [5.74, 6) is -0.103. The number of aryl methyl sites for hydroxylation is 1. The topological polar surface area (TPSA) is 15.3 Å². The summed E-state index contributed by atoms with van der Waals surface area (Å²) >= 11 is 0. The monoisotopic (exact) mass is 208 g/mol. The number of halogens is 1. The molecule has 0 bridgehead atoms. The summed E-state index contributed by atoms with van der Waals surface area (Å²) in [5.41, 5.74) is 1.96. The Kier molecular flexibility index (Phi) is 3.21. The first-order valence-corrected chi connectivity index (χ1v) is 5.55. The van der Waals surface area contributed by atoms with Gasteiger partial charge < -0.3 is 10.2 Å². The summed E-state index contributed by atoms with van der Waals surface area (Å²) in [6.45, 7) is 5.76. The van der Waals surface area contributed by atoms with Crippen LogP contribution in [0, 0.1) is 5.82 Å². The SMILES string of the molecule is CCc1ccc(F)c(N2CCNCC2)c1. The molecule has 2 nitrogen and oxygen atoms in total. The Hall–Kier alpha value is -1.09. The number of nitrogens with zero attached hydrogens (tertiary/aromatic N) is 1. The van der Waals surface area contributed by atoms with Gasteiger partial charge in [-0.15, -0.1) is 0 Å². The van der Waals surface area contributed by atoms with Crippen LogP contribution in [0.4, 0.5) is 10.1 Å². The minimum atomic E-state index is -0.103. The van der Waals surface area contributed by atoms with Crippen molar-refractivity contribution in [2.45, 2.75) is 13.3 Å². The van der Waals surface area contributed by atoms with Gasteiger partial charge in [0, 0.05) is 26.2 Å². The smallest absolute Gasteiger partial charge is 0.146 e. The fraction of sp³-hybridized carbons (Fsp3) is 0.500. The van der Waals surface area contributed by atoms with E-state index in [1.807, 2.05) is 12.1 Å². The van der Waals surface area contributed by atoms with E-state index < -0.39 is 0 Å². The standard InChI is InChI=1S/C12H17FN2/c1-2-10-3-4-11(13)12(9-10)15-7-5-14-6-8-15/h3-4,9,14H,2,5-8H2,1H3. The number of hydrogen-bond acceptors (Lipinski definition) is 2. The number of nitrogens with one attached hydrogen (secondary N) is 1. The number of hydrogen-bond donors (Lipinski definition) is 1. The van der Waals surface area contributed by atoms with Crippen molar-refractivity contribution >= 4 is 5.69 Å². The third kappa shape index (κ3) is 2.29. The highest BCUT2D eigenvalue weighted by atomic mass is 19.1. The fourth-order valence-corrected chi connectivity index (χ4v) is 1.93. The van der Waals surface area contributed by atoms with Gasteiger partial charge in [0.25, 0.3) is 0 Å². The summed E-state index contributed by atoms with van der Waals surface area (Å²) in [5, 5.41) is 3.27. The summed E-state index contributed by atoms with van der Waals surface area (Å²) in [6.07, 6.45) is 0.958. The fourth-order valence-electron chi connectivity index (χ4n) is 1.93. The summed E-state index contributed by atoms with van der Waals surface area (Å²) < 4.78 is 13.6. The lowest BCUT2D eigenvalue weighted by Crippen LogP contribution is -2.43. The minimum Gasteiger partial charge on any atom is -0.367 e. The molecule has 0 radical (unpaired) electrons. The molecular weight excluding hydrogens is 191 g/mol. The average Bonchev–Trinajstić information content (AvgIpc) is 2.31. The van der Waals surface area contributed by atoms with Crippen LogP contribution in [0.3, 0.4) is 0 Å². The van der Waals surface area contributed by atoms with Gasteiger partial charge in [0.05, 0.1) is 5.69 Å². The molecule has 1 aromatic rings. The molecule has 82 valence electrons. The molecule has 2 rings (SSSR count). The van der Waals surface area contributed by atoms with Crippen molar-refractivity contribution in [3.05, 3.63) is 29.6 Å². The van der Waals surface area contributed by atoms with Crippen molar-refractivity contribution in [2.24, 2.45) is 0 Å². The highest BCUT2D eigenvalue weighted by Crippen LogP contribution is 2.21. The molecule has 0 aliphatic carbocycles. The maximum atomic E-state index is 13.6. The van der Waals surface area contributed by atoms with Crippen molar-refractivity contribution in [2.75, 3.05) is 31.1 Å². The van der Waals surface area contributed by atoms with E-state index in [4.69, 9.17) is 0 Å². The zero-order valence-corrected chi connectivity index (χ0v) is 9.09. The molecule has 1 aliphatic rings. The lowest BCUT2D eigenvalue weighted by Gasteiger charge is -2.30. The molecule has 1 fully saturated rings. The van der Waals surface area contributed by atoms with E-state index in [-0.39, 0.29) is 5.82 Å². The predicted molar refractivity (Wildman–Crippen MR) is 60.9 cm³/mol. The largest absolute Gasteiger partial charge is 0.367 e. The maximum Gasteiger partial charge on any atom is 0.146 e. The first kappa shape index (κ1) is 10.4. The molecule has 15 heavy (non-hydrogen) atoms. The van der Waals surface area contributed by atoms with Crippen LogP contribution in [-0.4, -0.2) is 26.2 Å². The predicted octanol–water partition coefficient (Wildman–Crippen LogP) is 1.80. The summed E-state index contributed by atoms with van der Waals surface area (Å²) in [6, 6.07) is 5.41. The molecule has 1 saturated heterocycles.